The number of halogens is 1. The molecule has 0 amide bonds. The van der Waals surface area contributed by atoms with Crippen molar-refractivity contribution in [3.63, 3.8) is 0 Å². The highest BCUT2D eigenvalue weighted by Gasteiger charge is 2.65. The maximum absolute atomic E-state index is 12.9. The molecule has 30 heavy (non-hydrogen) atoms. The fourth-order valence-corrected chi connectivity index (χ4v) is 5.76. The summed E-state index contributed by atoms with van der Waals surface area (Å²) >= 11 is 6.08. The predicted octanol–water partition coefficient (Wildman–Crippen LogP) is 6.35. The zero-order valence-corrected chi connectivity index (χ0v) is 19.0. The van der Waals surface area contributed by atoms with Crippen molar-refractivity contribution in [2.45, 2.75) is 71.3 Å². The van der Waals surface area contributed by atoms with E-state index < -0.39 is 11.0 Å². The Morgan fingerprint density at radius 2 is 2.00 bits per heavy atom. The van der Waals surface area contributed by atoms with Gasteiger partial charge in [0, 0.05) is 12.0 Å². The fraction of sp³-hybridized carbons (Fsp3) is 0.480. The summed E-state index contributed by atoms with van der Waals surface area (Å²) in [4.78, 5) is 12.9. The Hall–Kier alpha value is -2.20. The average Bonchev–Trinajstić information content (AvgIpc) is 3.15. The summed E-state index contributed by atoms with van der Waals surface area (Å²) in [7, 11) is 0. The molecule has 1 saturated heterocycles. The lowest BCUT2D eigenvalue weighted by Gasteiger charge is -2.35. The van der Waals surface area contributed by atoms with Gasteiger partial charge in [-0.1, -0.05) is 34.4 Å². The molecule has 0 radical (unpaired) electrons. The molecule has 3 atom stereocenters. The van der Waals surface area contributed by atoms with E-state index in [1.165, 1.54) is 22.8 Å². The molecule has 2 fully saturated rings. The second-order valence-electron chi connectivity index (χ2n) is 9.60. The number of hydrogen-bond acceptors (Lipinski definition) is 4. The lowest BCUT2D eigenvalue weighted by atomic mass is 9.63. The maximum Gasteiger partial charge on any atom is 0.193 e. The van der Waals surface area contributed by atoms with Crippen LogP contribution in [-0.4, -0.2) is 21.6 Å². The van der Waals surface area contributed by atoms with Crippen LogP contribution in [0.3, 0.4) is 0 Å². The van der Waals surface area contributed by atoms with Crippen LogP contribution in [0.15, 0.2) is 40.7 Å². The van der Waals surface area contributed by atoms with Crippen molar-refractivity contribution in [3.05, 3.63) is 56.8 Å². The molecule has 1 heterocycles. The first-order valence-corrected chi connectivity index (χ1v) is 10.9. The summed E-state index contributed by atoms with van der Waals surface area (Å²) in [5.74, 6) is -0.133. The van der Waals surface area contributed by atoms with Crippen LogP contribution in [-0.2, 0) is 10.2 Å². The van der Waals surface area contributed by atoms with Crippen molar-refractivity contribution in [2.75, 3.05) is 0 Å². The molecule has 1 aromatic rings. The molecule has 2 N–H and O–H groups in total. The van der Waals surface area contributed by atoms with Gasteiger partial charge in [0.05, 0.1) is 11.0 Å². The number of ether oxygens (including phenoxy) is 1. The second-order valence-corrected chi connectivity index (χ2v) is 9.97. The minimum atomic E-state index is -0.574. The molecule has 1 aromatic carbocycles. The average molecular weight is 429 g/mol. The van der Waals surface area contributed by atoms with E-state index in [0.29, 0.717) is 17.7 Å². The van der Waals surface area contributed by atoms with Crippen molar-refractivity contribution in [3.8, 4) is 11.5 Å². The molecule has 3 aliphatic rings. The van der Waals surface area contributed by atoms with E-state index in [2.05, 4.69) is 40.7 Å². The number of phenolic OH excluding ortho intramolecular Hbond substituents is 2. The van der Waals surface area contributed by atoms with Gasteiger partial charge in [-0.2, -0.15) is 0 Å². The third-order valence-electron chi connectivity index (χ3n) is 7.17. The van der Waals surface area contributed by atoms with E-state index in [9.17, 15) is 15.0 Å². The molecule has 3 unspecified atom stereocenters. The minimum absolute atomic E-state index is 0.0959. The van der Waals surface area contributed by atoms with Gasteiger partial charge in [0.25, 0.3) is 0 Å². The van der Waals surface area contributed by atoms with Gasteiger partial charge in [-0.15, -0.1) is 0 Å². The smallest absolute Gasteiger partial charge is 0.193 e. The predicted molar refractivity (Wildman–Crippen MR) is 118 cm³/mol. The number of carbonyl (C=O) groups is 1. The monoisotopic (exact) mass is 428 g/mol. The Bertz CT molecular complexity index is 1040. The molecule has 1 spiro atoms. The van der Waals surface area contributed by atoms with Gasteiger partial charge < -0.3 is 14.9 Å². The van der Waals surface area contributed by atoms with Crippen LogP contribution >= 0.6 is 11.6 Å². The number of benzene rings is 1. The first-order chi connectivity index (χ1) is 14.0. The maximum atomic E-state index is 12.9. The zero-order valence-electron chi connectivity index (χ0n) is 18.2. The third kappa shape index (κ3) is 2.84. The highest BCUT2D eigenvalue weighted by molar-refractivity contribution is 6.34. The molecule has 1 aliphatic heterocycles. The Morgan fingerprint density at radius 3 is 2.63 bits per heavy atom. The van der Waals surface area contributed by atoms with Gasteiger partial charge in [-0.05, 0) is 71.9 Å². The van der Waals surface area contributed by atoms with E-state index in [4.69, 9.17) is 16.3 Å². The zero-order chi connectivity index (χ0) is 22.0. The van der Waals surface area contributed by atoms with Crippen molar-refractivity contribution < 1.29 is 19.7 Å². The molecule has 0 aromatic heterocycles. The lowest BCUT2D eigenvalue weighted by molar-refractivity contribution is 0.0169. The molecular weight excluding hydrogens is 400 g/mol. The molecule has 4 nitrogen and oxygen atoms in total. The first kappa shape index (κ1) is 21.0. The van der Waals surface area contributed by atoms with E-state index in [-0.39, 0.29) is 33.8 Å². The molecule has 2 aliphatic carbocycles. The third-order valence-corrected chi connectivity index (χ3v) is 7.54. The first-order valence-electron chi connectivity index (χ1n) is 10.5. The highest BCUT2D eigenvalue weighted by atomic mass is 35.5. The fourth-order valence-electron chi connectivity index (χ4n) is 5.61. The number of phenols is 2. The van der Waals surface area contributed by atoms with E-state index in [1.807, 2.05) is 0 Å². The summed E-state index contributed by atoms with van der Waals surface area (Å²) in [5, 5.41) is 20.9. The number of ketones is 1. The van der Waals surface area contributed by atoms with Crippen LogP contribution in [0.4, 0.5) is 0 Å². The SMILES string of the molecule is CC(C)=CCCC1(C)OC2=CC(=O)c3c(cc(O)c(Cl)c3O)C23CC(=C(C)C)CC13. The van der Waals surface area contributed by atoms with E-state index in [0.717, 1.165) is 19.3 Å². The Morgan fingerprint density at radius 1 is 1.30 bits per heavy atom. The van der Waals surface area contributed by atoms with Crippen molar-refractivity contribution >= 4 is 17.4 Å². The van der Waals surface area contributed by atoms with Gasteiger partial charge >= 0.3 is 0 Å². The standard InChI is InChI=1S/C25H29ClO4/c1-13(2)7-6-8-24(5)19-9-15(14(3)4)12-25(19)16-10-18(28)22(26)23(29)21(16)17(27)11-20(25)30-24/h7,10-11,19,28-29H,6,8-9,12H2,1-5H3. The van der Waals surface area contributed by atoms with Crippen LogP contribution in [0.2, 0.25) is 5.02 Å². The van der Waals surface area contributed by atoms with Crippen LogP contribution in [0.1, 0.15) is 76.2 Å². The summed E-state index contributed by atoms with van der Waals surface area (Å²) in [6.07, 6.45) is 7.04. The van der Waals surface area contributed by atoms with Gasteiger partial charge in [0.15, 0.2) is 5.78 Å². The highest BCUT2D eigenvalue weighted by Crippen LogP contribution is 2.67. The topological polar surface area (TPSA) is 66.8 Å². The van der Waals surface area contributed by atoms with E-state index in [1.54, 1.807) is 6.07 Å². The van der Waals surface area contributed by atoms with Gasteiger partial charge in [0.2, 0.25) is 0 Å². The molecule has 160 valence electrons. The molecule has 0 bridgehead atoms. The number of rotatable bonds is 3. The number of allylic oxidation sites excluding steroid dienone is 6. The Kier molecular flexibility index (Phi) is 4.85. The quantitative estimate of drug-likeness (QED) is 0.550. The molecule has 4 rings (SSSR count). The van der Waals surface area contributed by atoms with Gasteiger partial charge in [-0.25, -0.2) is 0 Å². The number of fused-ring (bicyclic) bond motifs is 1. The lowest BCUT2D eigenvalue weighted by Crippen LogP contribution is -2.39. The summed E-state index contributed by atoms with van der Waals surface area (Å²) in [6.45, 7) is 10.5. The summed E-state index contributed by atoms with van der Waals surface area (Å²) < 4.78 is 6.55. The van der Waals surface area contributed by atoms with Gasteiger partial charge in [0.1, 0.15) is 27.9 Å². The minimum Gasteiger partial charge on any atom is -0.506 e. The molecular formula is C25H29ClO4. The Balaban J connectivity index is 1.94. The van der Waals surface area contributed by atoms with Crippen LogP contribution in [0.25, 0.3) is 0 Å². The largest absolute Gasteiger partial charge is 0.506 e. The second kappa shape index (κ2) is 6.91. The molecule has 5 heteroatoms. The van der Waals surface area contributed by atoms with Crippen LogP contribution in [0, 0.1) is 5.92 Å². The number of aromatic hydroxyl groups is 2. The molecule has 1 saturated carbocycles. The number of hydrogen-bond donors (Lipinski definition) is 2. The summed E-state index contributed by atoms with van der Waals surface area (Å²) in [5.41, 5.74) is 3.68. The number of carbonyl (C=O) groups excluding carboxylic acids is 1. The summed E-state index contributed by atoms with van der Waals surface area (Å²) in [6, 6.07) is 1.56. The van der Waals surface area contributed by atoms with Crippen molar-refractivity contribution in [1.29, 1.82) is 0 Å². The van der Waals surface area contributed by atoms with Crippen molar-refractivity contribution in [2.24, 2.45) is 5.92 Å². The van der Waals surface area contributed by atoms with E-state index >= 15 is 0 Å². The van der Waals surface area contributed by atoms with Crippen LogP contribution in [0.5, 0.6) is 11.5 Å². The van der Waals surface area contributed by atoms with Crippen molar-refractivity contribution in [1.82, 2.24) is 0 Å². The van der Waals surface area contributed by atoms with Gasteiger partial charge in [-0.3, -0.25) is 4.79 Å². The van der Waals surface area contributed by atoms with Crippen LogP contribution < -0.4 is 0 Å². The Labute approximate surface area is 182 Å². The normalized spacial score (nSPS) is 29.0.